The summed E-state index contributed by atoms with van der Waals surface area (Å²) in [4.78, 5) is 2.62. The van der Waals surface area contributed by atoms with Crippen LogP contribution >= 0.6 is 0 Å². The number of aryl methyl sites for hydroxylation is 3. The van der Waals surface area contributed by atoms with E-state index in [-0.39, 0.29) is 5.82 Å². The van der Waals surface area contributed by atoms with Gasteiger partial charge in [0.25, 0.3) is 0 Å². The topological polar surface area (TPSA) is 3.24 Å². The van der Waals surface area contributed by atoms with Crippen LogP contribution in [0, 0.1) is 25.6 Å². The molecular weight excluding hydrogens is 333 g/mol. The van der Waals surface area contributed by atoms with Crippen molar-refractivity contribution in [2.75, 3.05) is 19.6 Å². The Kier molecular flexibility index (Phi) is 7.46. The van der Waals surface area contributed by atoms with Gasteiger partial charge < -0.3 is 4.90 Å². The van der Waals surface area contributed by atoms with E-state index in [2.05, 4.69) is 36.9 Å². The lowest BCUT2D eigenvalue weighted by molar-refractivity contribution is 0.181. The molecule has 0 aliphatic carbocycles. The van der Waals surface area contributed by atoms with E-state index >= 15 is 0 Å². The van der Waals surface area contributed by atoms with Crippen molar-refractivity contribution in [2.45, 2.75) is 58.8 Å². The molecule has 0 spiro atoms. The van der Waals surface area contributed by atoms with E-state index in [0.717, 1.165) is 24.3 Å². The second-order valence-corrected chi connectivity index (χ2v) is 8.31. The van der Waals surface area contributed by atoms with Crippen molar-refractivity contribution in [2.24, 2.45) is 5.92 Å². The molecule has 0 aromatic heterocycles. The van der Waals surface area contributed by atoms with Gasteiger partial charge in [0.05, 0.1) is 0 Å². The van der Waals surface area contributed by atoms with Crippen molar-refractivity contribution in [1.82, 2.24) is 4.90 Å². The molecule has 0 saturated carbocycles. The largest absolute Gasteiger partial charge is 0.303 e. The molecule has 0 N–H and O–H groups in total. The van der Waals surface area contributed by atoms with E-state index < -0.39 is 0 Å². The summed E-state index contributed by atoms with van der Waals surface area (Å²) in [5.74, 6) is 0.785. The van der Waals surface area contributed by atoms with Gasteiger partial charge in [0.2, 0.25) is 0 Å². The number of hydrogen-bond donors (Lipinski definition) is 0. The fourth-order valence-corrected chi connectivity index (χ4v) is 4.21. The summed E-state index contributed by atoms with van der Waals surface area (Å²) in [7, 11) is 0. The average Bonchev–Trinajstić information content (AvgIpc) is 2.67. The van der Waals surface area contributed by atoms with Gasteiger partial charge in [-0.15, -0.1) is 0 Å². The molecule has 146 valence electrons. The Morgan fingerprint density at radius 2 is 1.70 bits per heavy atom. The molecule has 1 aliphatic rings. The summed E-state index contributed by atoms with van der Waals surface area (Å²) in [6.45, 7) is 8.08. The number of unbranched alkanes of at least 4 members (excludes halogenated alkanes) is 2. The predicted octanol–water partition coefficient (Wildman–Crippen LogP) is 6.11. The summed E-state index contributed by atoms with van der Waals surface area (Å²) in [6, 6.07) is 14.1. The smallest absolute Gasteiger partial charge is 0.126 e. The highest BCUT2D eigenvalue weighted by Gasteiger charge is 2.19. The molecule has 1 nitrogen and oxygen atoms in total. The van der Waals surface area contributed by atoms with Gasteiger partial charge in [-0.2, -0.15) is 0 Å². The normalized spacial score (nSPS) is 16.0. The second-order valence-electron chi connectivity index (χ2n) is 8.31. The number of halogens is 1. The van der Waals surface area contributed by atoms with Crippen molar-refractivity contribution in [3.05, 3.63) is 70.5 Å². The van der Waals surface area contributed by atoms with Crippen LogP contribution in [0.2, 0.25) is 0 Å². The zero-order chi connectivity index (χ0) is 19.1. The minimum Gasteiger partial charge on any atom is -0.303 e. The summed E-state index contributed by atoms with van der Waals surface area (Å²) in [6.07, 6.45) is 8.25. The van der Waals surface area contributed by atoms with Gasteiger partial charge in [-0.1, -0.05) is 42.8 Å². The highest BCUT2D eigenvalue weighted by atomic mass is 19.1. The first-order valence-corrected chi connectivity index (χ1v) is 10.6. The van der Waals surface area contributed by atoms with Gasteiger partial charge in [0, 0.05) is 0 Å². The molecule has 3 rings (SSSR count). The summed E-state index contributed by atoms with van der Waals surface area (Å²) < 4.78 is 13.6. The third-order valence-corrected chi connectivity index (χ3v) is 6.18. The maximum Gasteiger partial charge on any atom is 0.126 e. The van der Waals surface area contributed by atoms with E-state index in [1.54, 1.807) is 12.1 Å². The highest BCUT2D eigenvalue weighted by molar-refractivity contribution is 5.30. The first kappa shape index (κ1) is 20.1. The number of likely N-dealkylation sites (tertiary alicyclic amines) is 1. The van der Waals surface area contributed by atoms with Gasteiger partial charge in [0.15, 0.2) is 0 Å². The lowest BCUT2D eigenvalue weighted by Gasteiger charge is -2.32. The Morgan fingerprint density at radius 1 is 0.926 bits per heavy atom. The lowest BCUT2D eigenvalue weighted by Crippen LogP contribution is -2.35. The molecular formula is C25H34FN. The van der Waals surface area contributed by atoms with Crippen molar-refractivity contribution in [3.63, 3.8) is 0 Å². The lowest BCUT2D eigenvalue weighted by atomic mass is 9.89. The third kappa shape index (κ3) is 6.17. The van der Waals surface area contributed by atoms with Crippen LogP contribution < -0.4 is 0 Å². The molecule has 27 heavy (non-hydrogen) atoms. The quantitative estimate of drug-likeness (QED) is 0.509. The SMILES string of the molecule is Cc1ccc(CC2CCN(CCCCCc3ccccc3F)CC2)cc1C. The van der Waals surface area contributed by atoms with Crippen LogP contribution in [-0.4, -0.2) is 24.5 Å². The molecule has 0 bridgehead atoms. The Hall–Kier alpha value is -1.67. The Balaban J connectivity index is 1.30. The maximum atomic E-state index is 13.6. The number of benzene rings is 2. The minimum atomic E-state index is -0.0525. The molecule has 0 radical (unpaired) electrons. The highest BCUT2D eigenvalue weighted by Crippen LogP contribution is 2.23. The van der Waals surface area contributed by atoms with E-state index in [1.807, 2.05) is 12.1 Å². The van der Waals surface area contributed by atoms with Gasteiger partial charge in [-0.25, -0.2) is 4.39 Å². The zero-order valence-corrected chi connectivity index (χ0v) is 17.0. The monoisotopic (exact) mass is 367 g/mol. The second kappa shape index (κ2) is 10.0. The summed E-state index contributed by atoms with van der Waals surface area (Å²) >= 11 is 0. The molecule has 2 aromatic carbocycles. The molecule has 1 fully saturated rings. The van der Waals surface area contributed by atoms with E-state index in [9.17, 15) is 4.39 Å². The van der Waals surface area contributed by atoms with Crippen molar-refractivity contribution in [1.29, 1.82) is 0 Å². The van der Waals surface area contributed by atoms with Crippen LogP contribution in [-0.2, 0) is 12.8 Å². The van der Waals surface area contributed by atoms with Crippen LogP contribution in [0.1, 0.15) is 54.4 Å². The van der Waals surface area contributed by atoms with E-state index in [0.29, 0.717) is 0 Å². The minimum absolute atomic E-state index is 0.0525. The van der Waals surface area contributed by atoms with Crippen molar-refractivity contribution < 1.29 is 4.39 Å². The number of piperidine rings is 1. The summed E-state index contributed by atoms with van der Waals surface area (Å²) in [5.41, 5.74) is 5.18. The van der Waals surface area contributed by atoms with Crippen LogP contribution in [0.25, 0.3) is 0 Å². The zero-order valence-electron chi connectivity index (χ0n) is 17.0. The Bertz CT molecular complexity index is 716. The third-order valence-electron chi connectivity index (χ3n) is 6.18. The van der Waals surface area contributed by atoms with Crippen molar-refractivity contribution in [3.8, 4) is 0 Å². The standard InChI is InChI=1S/C25H34FN/c1-20-11-12-23(18-21(20)2)19-22-13-16-27(17-14-22)15-7-3-4-8-24-9-5-6-10-25(24)26/h5-6,9-12,18,22H,3-4,7-8,13-17,19H2,1-2H3. The van der Waals surface area contributed by atoms with E-state index in [4.69, 9.17) is 0 Å². The number of nitrogens with zero attached hydrogens (tertiary/aromatic N) is 1. The fraction of sp³-hybridized carbons (Fsp3) is 0.520. The van der Waals surface area contributed by atoms with Crippen LogP contribution in [0.4, 0.5) is 4.39 Å². The molecule has 2 aromatic rings. The van der Waals surface area contributed by atoms with Gasteiger partial charge in [0.1, 0.15) is 5.82 Å². The first-order chi connectivity index (χ1) is 13.1. The molecule has 1 heterocycles. The Morgan fingerprint density at radius 3 is 2.44 bits per heavy atom. The van der Waals surface area contributed by atoms with Crippen LogP contribution in [0.5, 0.6) is 0 Å². The fourth-order valence-electron chi connectivity index (χ4n) is 4.21. The average molecular weight is 368 g/mol. The van der Waals surface area contributed by atoms with Gasteiger partial charge in [-0.3, -0.25) is 0 Å². The molecule has 0 atom stereocenters. The van der Waals surface area contributed by atoms with E-state index in [1.165, 1.54) is 68.4 Å². The van der Waals surface area contributed by atoms with Crippen molar-refractivity contribution >= 4 is 0 Å². The van der Waals surface area contributed by atoms with Gasteiger partial charge >= 0.3 is 0 Å². The number of hydrogen-bond acceptors (Lipinski definition) is 1. The van der Waals surface area contributed by atoms with Gasteiger partial charge in [-0.05, 0) is 106 Å². The van der Waals surface area contributed by atoms with Crippen LogP contribution in [0.3, 0.4) is 0 Å². The molecule has 1 saturated heterocycles. The predicted molar refractivity (Wildman–Crippen MR) is 113 cm³/mol. The van der Waals surface area contributed by atoms with Crippen LogP contribution in [0.15, 0.2) is 42.5 Å². The Labute approximate surface area is 164 Å². The molecule has 2 heteroatoms. The summed E-state index contributed by atoms with van der Waals surface area (Å²) in [5, 5.41) is 0. The molecule has 0 unspecified atom stereocenters. The number of rotatable bonds is 8. The molecule has 1 aliphatic heterocycles. The maximum absolute atomic E-state index is 13.6. The molecule has 0 amide bonds. The first-order valence-electron chi connectivity index (χ1n) is 10.6.